The molecule has 0 saturated heterocycles. The number of rotatable bonds is 4. The predicted octanol–water partition coefficient (Wildman–Crippen LogP) is 3.81. The number of aromatic nitrogens is 3. The maximum Gasteiger partial charge on any atom is 0.159 e. The Bertz CT molecular complexity index is 923. The van der Waals surface area contributed by atoms with Crippen molar-refractivity contribution in [3.63, 3.8) is 0 Å². The standard InChI is InChI=1S/C18H17F2N3O2/c1-10(2)12-6-13(18(25)7-17(12)24)16-9-23(22-21-16)8-11-3-4-14(19)15(20)5-11/h3-7,9-10,24-25H,8H2,1-2H3. The molecule has 0 atom stereocenters. The van der Waals surface area contributed by atoms with Crippen molar-refractivity contribution in [1.82, 2.24) is 15.0 Å². The summed E-state index contributed by atoms with van der Waals surface area (Å²) in [5.41, 5.74) is 2.08. The Morgan fingerprint density at radius 1 is 1.04 bits per heavy atom. The molecule has 130 valence electrons. The zero-order valence-corrected chi connectivity index (χ0v) is 13.7. The van der Waals surface area contributed by atoms with Crippen molar-refractivity contribution >= 4 is 0 Å². The van der Waals surface area contributed by atoms with Crippen molar-refractivity contribution in [2.75, 3.05) is 0 Å². The molecule has 1 aromatic heterocycles. The van der Waals surface area contributed by atoms with Gasteiger partial charge in [-0.15, -0.1) is 5.10 Å². The lowest BCUT2D eigenvalue weighted by molar-refractivity contribution is 0.445. The van der Waals surface area contributed by atoms with E-state index in [9.17, 15) is 19.0 Å². The van der Waals surface area contributed by atoms with E-state index in [1.807, 2.05) is 13.8 Å². The molecule has 2 aromatic carbocycles. The van der Waals surface area contributed by atoms with E-state index in [4.69, 9.17) is 0 Å². The minimum atomic E-state index is -0.921. The van der Waals surface area contributed by atoms with E-state index in [1.165, 1.54) is 16.8 Å². The Balaban J connectivity index is 1.91. The van der Waals surface area contributed by atoms with Gasteiger partial charge in [0.25, 0.3) is 0 Å². The van der Waals surface area contributed by atoms with Gasteiger partial charge in [0.1, 0.15) is 17.2 Å². The summed E-state index contributed by atoms with van der Waals surface area (Å²) in [6.07, 6.45) is 1.59. The molecule has 0 saturated carbocycles. The van der Waals surface area contributed by atoms with Crippen LogP contribution < -0.4 is 0 Å². The van der Waals surface area contributed by atoms with Crippen LogP contribution in [0, 0.1) is 11.6 Å². The molecule has 0 fully saturated rings. The fourth-order valence-corrected chi connectivity index (χ4v) is 2.59. The molecule has 3 aromatic rings. The van der Waals surface area contributed by atoms with Crippen molar-refractivity contribution in [2.45, 2.75) is 26.3 Å². The van der Waals surface area contributed by atoms with Crippen molar-refractivity contribution in [3.05, 3.63) is 59.3 Å². The van der Waals surface area contributed by atoms with Gasteiger partial charge in [-0.25, -0.2) is 13.5 Å². The van der Waals surface area contributed by atoms with E-state index in [0.29, 0.717) is 22.4 Å². The SMILES string of the molecule is CC(C)c1cc(-c2cn(Cc3ccc(F)c(F)c3)nn2)c(O)cc1O. The molecule has 2 N–H and O–H groups in total. The maximum atomic E-state index is 13.3. The first-order chi connectivity index (χ1) is 11.8. The number of aromatic hydroxyl groups is 2. The van der Waals surface area contributed by atoms with Crippen LogP contribution >= 0.6 is 0 Å². The van der Waals surface area contributed by atoms with Crippen LogP contribution in [0.3, 0.4) is 0 Å². The lowest BCUT2D eigenvalue weighted by Gasteiger charge is -2.11. The van der Waals surface area contributed by atoms with Gasteiger partial charge in [-0.05, 0) is 35.2 Å². The topological polar surface area (TPSA) is 71.2 Å². The van der Waals surface area contributed by atoms with Gasteiger partial charge in [0.15, 0.2) is 11.6 Å². The summed E-state index contributed by atoms with van der Waals surface area (Å²) in [7, 11) is 0. The second kappa shape index (κ2) is 6.51. The van der Waals surface area contributed by atoms with Crippen molar-refractivity contribution < 1.29 is 19.0 Å². The number of hydrogen-bond donors (Lipinski definition) is 2. The normalized spacial score (nSPS) is 11.2. The monoisotopic (exact) mass is 345 g/mol. The number of phenols is 2. The summed E-state index contributed by atoms with van der Waals surface area (Å²) in [5.74, 6) is -1.85. The Hall–Kier alpha value is -2.96. The molecule has 0 unspecified atom stereocenters. The molecule has 5 nitrogen and oxygen atoms in total. The van der Waals surface area contributed by atoms with Crippen molar-refractivity contribution in [3.8, 4) is 22.8 Å². The third kappa shape index (κ3) is 3.45. The second-order valence-corrected chi connectivity index (χ2v) is 6.13. The summed E-state index contributed by atoms with van der Waals surface area (Å²) in [6, 6.07) is 6.57. The van der Waals surface area contributed by atoms with E-state index in [-0.39, 0.29) is 24.0 Å². The van der Waals surface area contributed by atoms with Gasteiger partial charge in [0.05, 0.1) is 12.7 Å². The molecule has 0 radical (unpaired) electrons. The minimum absolute atomic E-state index is 0.0189. The number of benzene rings is 2. The van der Waals surface area contributed by atoms with Crippen LogP contribution in [0.15, 0.2) is 36.5 Å². The predicted molar refractivity (Wildman–Crippen MR) is 88.3 cm³/mol. The van der Waals surface area contributed by atoms with Gasteiger partial charge >= 0.3 is 0 Å². The molecule has 0 aliphatic carbocycles. The highest BCUT2D eigenvalue weighted by molar-refractivity contribution is 5.69. The first-order valence-corrected chi connectivity index (χ1v) is 7.75. The first-order valence-electron chi connectivity index (χ1n) is 7.75. The molecule has 0 aliphatic rings. The Kier molecular flexibility index (Phi) is 4.39. The van der Waals surface area contributed by atoms with E-state index >= 15 is 0 Å². The molecular formula is C18H17F2N3O2. The van der Waals surface area contributed by atoms with Crippen LogP contribution in [-0.2, 0) is 6.54 Å². The van der Waals surface area contributed by atoms with Crippen molar-refractivity contribution in [1.29, 1.82) is 0 Å². The molecule has 0 spiro atoms. The Morgan fingerprint density at radius 3 is 2.48 bits per heavy atom. The summed E-state index contributed by atoms with van der Waals surface area (Å²) in [5, 5.41) is 28.0. The number of nitrogens with zero attached hydrogens (tertiary/aromatic N) is 3. The highest BCUT2D eigenvalue weighted by Crippen LogP contribution is 2.36. The fourth-order valence-electron chi connectivity index (χ4n) is 2.59. The highest BCUT2D eigenvalue weighted by atomic mass is 19.2. The van der Waals surface area contributed by atoms with Crippen LogP contribution in [0.5, 0.6) is 11.5 Å². The molecular weight excluding hydrogens is 328 g/mol. The van der Waals surface area contributed by atoms with Gasteiger partial charge in [-0.1, -0.05) is 25.1 Å². The lowest BCUT2D eigenvalue weighted by atomic mass is 9.98. The van der Waals surface area contributed by atoms with Gasteiger partial charge in [0.2, 0.25) is 0 Å². The van der Waals surface area contributed by atoms with Gasteiger partial charge in [-0.2, -0.15) is 0 Å². The number of hydrogen-bond acceptors (Lipinski definition) is 4. The summed E-state index contributed by atoms with van der Waals surface area (Å²) < 4.78 is 27.7. The van der Waals surface area contributed by atoms with E-state index in [1.54, 1.807) is 12.3 Å². The third-order valence-electron chi connectivity index (χ3n) is 3.91. The minimum Gasteiger partial charge on any atom is -0.508 e. The molecule has 0 aliphatic heterocycles. The highest BCUT2D eigenvalue weighted by Gasteiger charge is 2.15. The van der Waals surface area contributed by atoms with Crippen LogP contribution in [0.4, 0.5) is 8.78 Å². The maximum absolute atomic E-state index is 13.3. The molecule has 1 heterocycles. The van der Waals surface area contributed by atoms with E-state index < -0.39 is 11.6 Å². The van der Waals surface area contributed by atoms with Gasteiger partial charge in [-0.3, -0.25) is 0 Å². The molecule has 0 bridgehead atoms. The zero-order valence-electron chi connectivity index (χ0n) is 13.7. The second-order valence-electron chi connectivity index (χ2n) is 6.13. The molecule has 3 rings (SSSR count). The average Bonchev–Trinajstić information content (AvgIpc) is 2.99. The molecule has 0 amide bonds. The largest absolute Gasteiger partial charge is 0.508 e. The van der Waals surface area contributed by atoms with Gasteiger partial charge < -0.3 is 10.2 Å². The van der Waals surface area contributed by atoms with Crippen LogP contribution in [0.1, 0.15) is 30.9 Å². The van der Waals surface area contributed by atoms with Crippen LogP contribution in [0.2, 0.25) is 0 Å². The van der Waals surface area contributed by atoms with Crippen LogP contribution in [-0.4, -0.2) is 25.2 Å². The van der Waals surface area contributed by atoms with E-state index in [2.05, 4.69) is 10.3 Å². The number of phenolic OH excluding ortho intramolecular Hbond substituents is 2. The third-order valence-corrected chi connectivity index (χ3v) is 3.91. The summed E-state index contributed by atoms with van der Waals surface area (Å²) in [4.78, 5) is 0. The van der Waals surface area contributed by atoms with Crippen molar-refractivity contribution in [2.24, 2.45) is 0 Å². The quantitative estimate of drug-likeness (QED) is 0.754. The smallest absolute Gasteiger partial charge is 0.159 e. The van der Waals surface area contributed by atoms with Gasteiger partial charge in [0, 0.05) is 11.6 Å². The fraction of sp³-hybridized carbons (Fsp3) is 0.222. The lowest BCUT2D eigenvalue weighted by Crippen LogP contribution is -2.01. The summed E-state index contributed by atoms with van der Waals surface area (Å²) >= 11 is 0. The Morgan fingerprint density at radius 2 is 1.80 bits per heavy atom. The zero-order chi connectivity index (χ0) is 18.1. The summed E-state index contributed by atoms with van der Waals surface area (Å²) in [6.45, 7) is 4.06. The van der Waals surface area contributed by atoms with E-state index in [0.717, 1.165) is 12.1 Å². The Labute approximate surface area is 143 Å². The number of halogens is 2. The average molecular weight is 345 g/mol. The molecule has 7 heteroatoms. The molecule has 25 heavy (non-hydrogen) atoms. The first kappa shape index (κ1) is 16.9. The van der Waals surface area contributed by atoms with Crippen LogP contribution in [0.25, 0.3) is 11.3 Å².